The highest BCUT2D eigenvalue weighted by Gasteiger charge is 1.93. The third-order valence-electron chi connectivity index (χ3n) is 3.01. The maximum Gasteiger partial charge on any atom is 0.303 e. The fourth-order valence-electron chi connectivity index (χ4n) is 1.77. The summed E-state index contributed by atoms with van der Waals surface area (Å²) >= 11 is 0. The summed E-state index contributed by atoms with van der Waals surface area (Å²) < 4.78 is 0. The predicted molar refractivity (Wildman–Crippen MR) is 91.4 cm³/mol. The zero-order chi connectivity index (χ0) is 15.6. The normalized spacial score (nSPS) is 12.4. The van der Waals surface area contributed by atoms with Gasteiger partial charge in [-0.2, -0.15) is 0 Å². The van der Waals surface area contributed by atoms with Gasteiger partial charge < -0.3 is 5.11 Å². The van der Waals surface area contributed by atoms with E-state index in [0.717, 1.165) is 32.1 Å². The molecule has 118 valence electrons. The Morgan fingerprint density at radius 3 is 2.00 bits per heavy atom. The van der Waals surface area contributed by atoms with E-state index in [1.807, 2.05) is 18.2 Å². The molecule has 0 unspecified atom stereocenters. The van der Waals surface area contributed by atoms with Crippen LogP contribution in [0.4, 0.5) is 0 Å². The second-order valence-corrected chi connectivity index (χ2v) is 5.07. The first-order valence-electron chi connectivity index (χ1n) is 8.12. The molecule has 2 nitrogen and oxygen atoms in total. The van der Waals surface area contributed by atoms with Gasteiger partial charge in [0.1, 0.15) is 0 Å². The minimum Gasteiger partial charge on any atom is -0.481 e. The number of carboxylic acid groups (broad SMARTS) is 1. The number of rotatable bonds is 13. The van der Waals surface area contributed by atoms with E-state index in [1.165, 1.54) is 19.3 Å². The van der Waals surface area contributed by atoms with Gasteiger partial charge in [0.25, 0.3) is 0 Å². The van der Waals surface area contributed by atoms with Crippen molar-refractivity contribution in [2.45, 2.75) is 64.7 Å². The van der Waals surface area contributed by atoms with Gasteiger partial charge in [0, 0.05) is 6.42 Å². The first-order valence-corrected chi connectivity index (χ1v) is 8.12. The molecule has 1 N–H and O–H groups in total. The van der Waals surface area contributed by atoms with Crippen molar-refractivity contribution in [1.29, 1.82) is 0 Å². The maximum atomic E-state index is 10.3. The van der Waals surface area contributed by atoms with Gasteiger partial charge >= 0.3 is 5.97 Å². The van der Waals surface area contributed by atoms with E-state index in [9.17, 15) is 4.79 Å². The van der Waals surface area contributed by atoms with Crippen molar-refractivity contribution in [3.8, 4) is 0 Å². The predicted octanol–water partition coefficient (Wildman–Crippen LogP) is 5.83. The average Bonchev–Trinajstić information content (AvgIpc) is 2.46. The molecule has 0 bridgehead atoms. The summed E-state index contributed by atoms with van der Waals surface area (Å²) in [5, 5.41) is 8.49. The van der Waals surface area contributed by atoms with Crippen molar-refractivity contribution >= 4 is 5.97 Å². The highest BCUT2D eigenvalue weighted by molar-refractivity contribution is 5.66. The standard InChI is InChI=1S/C19H30O2/c1-2-3-4-5-6-7-8-9-10-11-12-13-14-15-16-17-18-19(20)21/h5-6,9-14H,2-4,7-8,15-18H2,1H3,(H,20,21)/b6-5+,10-9+,12-11+,14-13+. The van der Waals surface area contributed by atoms with Crippen molar-refractivity contribution in [2.24, 2.45) is 0 Å². The molecule has 0 aliphatic heterocycles. The number of carboxylic acids is 1. The fraction of sp³-hybridized carbons (Fsp3) is 0.526. The Balaban J connectivity index is 3.43. The summed E-state index contributed by atoms with van der Waals surface area (Å²) in [6.07, 6.45) is 25.9. The van der Waals surface area contributed by atoms with Gasteiger partial charge in [0.15, 0.2) is 0 Å². The van der Waals surface area contributed by atoms with Crippen LogP contribution in [-0.2, 0) is 4.79 Å². The number of aliphatic carboxylic acids is 1. The lowest BCUT2D eigenvalue weighted by atomic mass is 10.2. The van der Waals surface area contributed by atoms with Crippen LogP contribution in [0.3, 0.4) is 0 Å². The van der Waals surface area contributed by atoms with Gasteiger partial charge in [-0.1, -0.05) is 68.4 Å². The lowest BCUT2D eigenvalue weighted by Gasteiger charge is -1.91. The highest BCUT2D eigenvalue weighted by atomic mass is 16.4. The first kappa shape index (κ1) is 19.4. The van der Waals surface area contributed by atoms with E-state index in [0.29, 0.717) is 0 Å². The summed E-state index contributed by atoms with van der Waals surface area (Å²) in [6.45, 7) is 2.22. The Bertz CT molecular complexity index is 349. The second-order valence-electron chi connectivity index (χ2n) is 5.07. The van der Waals surface area contributed by atoms with Crippen LogP contribution in [0.2, 0.25) is 0 Å². The van der Waals surface area contributed by atoms with Crippen molar-refractivity contribution in [3.05, 3.63) is 48.6 Å². The van der Waals surface area contributed by atoms with E-state index in [-0.39, 0.29) is 6.42 Å². The number of hydrogen-bond acceptors (Lipinski definition) is 1. The van der Waals surface area contributed by atoms with E-state index in [1.54, 1.807) is 0 Å². The van der Waals surface area contributed by atoms with Gasteiger partial charge in [-0.3, -0.25) is 4.79 Å². The molecular formula is C19H30O2. The van der Waals surface area contributed by atoms with Gasteiger partial charge in [-0.05, 0) is 38.5 Å². The molecule has 0 saturated heterocycles. The molecule has 0 fully saturated rings. The van der Waals surface area contributed by atoms with Gasteiger partial charge in [-0.15, -0.1) is 0 Å². The molecule has 21 heavy (non-hydrogen) atoms. The second kappa shape index (κ2) is 16.5. The Kier molecular flexibility index (Phi) is 15.3. The van der Waals surface area contributed by atoms with Crippen LogP contribution >= 0.6 is 0 Å². The monoisotopic (exact) mass is 290 g/mol. The number of unbranched alkanes of at least 4 members (excludes halogenated alkanes) is 5. The molecule has 0 rings (SSSR count). The topological polar surface area (TPSA) is 37.3 Å². The summed E-state index contributed by atoms with van der Waals surface area (Å²) in [4.78, 5) is 10.3. The van der Waals surface area contributed by atoms with Crippen LogP contribution in [0, 0.1) is 0 Å². The van der Waals surface area contributed by atoms with Gasteiger partial charge in [-0.25, -0.2) is 0 Å². The average molecular weight is 290 g/mol. The molecule has 0 aromatic heterocycles. The zero-order valence-corrected chi connectivity index (χ0v) is 13.3. The molecular weight excluding hydrogens is 260 g/mol. The summed E-state index contributed by atoms with van der Waals surface area (Å²) in [6, 6.07) is 0. The molecule has 0 aliphatic carbocycles. The molecule has 0 amide bonds. The Hall–Kier alpha value is -1.57. The largest absolute Gasteiger partial charge is 0.481 e. The van der Waals surface area contributed by atoms with Crippen molar-refractivity contribution in [3.63, 3.8) is 0 Å². The minimum absolute atomic E-state index is 0.277. The van der Waals surface area contributed by atoms with E-state index < -0.39 is 5.97 Å². The molecule has 2 heteroatoms. The third kappa shape index (κ3) is 18.4. The van der Waals surface area contributed by atoms with Crippen LogP contribution < -0.4 is 0 Å². The quantitative estimate of drug-likeness (QED) is 0.263. The first-order chi connectivity index (χ1) is 10.3. The molecule has 0 aliphatic rings. The maximum absolute atomic E-state index is 10.3. The smallest absolute Gasteiger partial charge is 0.303 e. The Morgan fingerprint density at radius 1 is 0.762 bits per heavy atom. The number of allylic oxidation sites excluding steroid dienone is 8. The summed E-state index contributed by atoms with van der Waals surface area (Å²) in [7, 11) is 0. The minimum atomic E-state index is -0.704. The molecule has 0 spiro atoms. The third-order valence-corrected chi connectivity index (χ3v) is 3.01. The highest BCUT2D eigenvalue weighted by Crippen LogP contribution is 2.01. The molecule has 0 aromatic carbocycles. The Labute approximate surface area is 130 Å². The van der Waals surface area contributed by atoms with Crippen LogP contribution in [-0.4, -0.2) is 11.1 Å². The SMILES string of the molecule is CCCC/C=C/CC/C=C/C=C/C=C/CCCCC(=O)O. The van der Waals surface area contributed by atoms with Crippen LogP contribution in [0.25, 0.3) is 0 Å². The molecule has 0 aromatic rings. The van der Waals surface area contributed by atoms with Gasteiger partial charge in [0.2, 0.25) is 0 Å². The van der Waals surface area contributed by atoms with Gasteiger partial charge in [0.05, 0.1) is 0 Å². The molecule has 0 saturated carbocycles. The van der Waals surface area contributed by atoms with Crippen molar-refractivity contribution in [2.75, 3.05) is 0 Å². The van der Waals surface area contributed by atoms with E-state index in [4.69, 9.17) is 5.11 Å². The number of hydrogen-bond donors (Lipinski definition) is 1. The van der Waals surface area contributed by atoms with E-state index in [2.05, 4.69) is 37.3 Å². The lowest BCUT2D eigenvalue weighted by Crippen LogP contribution is -1.92. The molecule has 0 radical (unpaired) electrons. The fourth-order valence-corrected chi connectivity index (χ4v) is 1.77. The summed E-state index contributed by atoms with van der Waals surface area (Å²) in [5.74, 6) is -0.704. The van der Waals surface area contributed by atoms with Crippen LogP contribution in [0.5, 0.6) is 0 Å². The molecule has 0 heterocycles. The number of carbonyl (C=O) groups is 1. The van der Waals surface area contributed by atoms with Crippen LogP contribution in [0.1, 0.15) is 64.7 Å². The molecule has 0 atom stereocenters. The van der Waals surface area contributed by atoms with Crippen LogP contribution in [0.15, 0.2) is 48.6 Å². The van der Waals surface area contributed by atoms with E-state index >= 15 is 0 Å². The van der Waals surface area contributed by atoms with Crippen molar-refractivity contribution < 1.29 is 9.90 Å². The zero-order valence-electron chi connectivity index (χ0n) is 13.3. The van der Waals surface area contributed by atoms with Crippen molar-refractivity contribution in [1.82, 2.24) is 0 Å². The Morgan fingerprint density at radius 2 is 1.33 bits per heavy atom. The lowest BCUT2D eigenvalue weighted by molar-refractivity contribution is -0.137. The summed E-state index contributed by atoms with van der Waals surface area (Å²) in [5.41, 5.74) is 0.